The number of nitrogens with two attached hydrogens (primary N) is 2. The van der Waals surface area contributed by atoms with E-state index in [9.17, 15) is 14.4 Å². The number of hydrogen-bond donors (Lipinski definition) is 6. The average molecular weight is 568 g/mol. The Morgan fingerprint density at radius 2 is 1.71 bits per heavy atom. The van der Waals surface area contributed by atoms with Gasteiger partial charge in [-0.05, 0) is 49.2 Å². The molecule has 0 atom stereocenters. The van der Waals surface area contributed by atoms with Crippen molar-refractivity contribution in [1.29, 1.82) is 5.41 Å². The Morgan fingerprint density at radius 3 is 2.38 bits per heavy atom. The molecule has 0 spiro atoms. The normalized spacial score (nSPS) is 10.7. The maximum absolute atomic E-state index is 13.5. The lowest BCUT2D eigenvalue weighted by atomic mass is 10.1. The number of anilines is 2. The summed E-state index contributed by atoms with van der Waals surface area (Å²) in [5, 5.41) is 16.2. The fourth-order valence-corrected chi connectivity index (χ4v) is 4.17. The van der Waals surface area contributed by atoms with Crippen molar-refractivity contribution < 1.29 is 9.59 Å². The van der Waals surface area contributed by atoms with E-state index < -0.39 is 11.5 Å². The van der Waals surface area contributed by atoms with E-state index in [0.29, 0.717) is 22.5 Å². The van der Waals surface area contributed by atoms with Gasteiger partial charge in [0, 0.05) is 53.9 Å². The molecule has 8 N–H and O–H groups in total. The lowest BCUT2D eigenvalue weighted by molar-refractivity contribution is -0.121. The number of nitrogens with one attached hydrogen (secondary N) is 4. The standard InChI is InChI=1S/C30H33N9O3/c1-18(2)38-28-30(42)39(17-26(40)35-14-19-5-7-21(8-6-19)27(32)33)25(16-36-28)22-10-23(12-24(31)11-22)29(41)37-15-20-4-3-9-34-13-20/h3-13,16,18H,14-15,17,31H2,1-2H3,(H3,32,33)(H,35,40)(H,36,38)(H,37,41). The van der Waals surface area contributed by atoms with Crippen LogP contribution in [0.25, 0.3) is 11.3 Å². The highest BCUT2D eigenvalue weighted by Gasteiger charge is 2.18. The van der Waals surface area contributed by atoms with Crippen molar-refractivity contribution >= 4 is 29.2 Å². The molecule has 2 aromatic heterocycles. The summed E-state index contributed by atoms with van der Waals surface area (Å²) >= 11 is 0. The van der Waals surface area contributed by atoms with Gasteiger partial charge in [-0.2, -0.15) is 0 Å². The molecule has 2 aromatic carbocycles. The predicted molar refractivity (Wildman–Crippen MR) is 162 cm³/mol. The highest BCUT2D eigenvalue weighted by Crippen LogP contribution is 2.23. The number of amidine groups is 1. The van der Waals surface area contributed by atoms with Gasteiger partial charge in [0.05, 0.1) is 11.9 Å². The molecule has 12 heteroatoms. The maximum atomic E-state index is 13.5. The summed E-state index contributed by atoms with van der Waals surface area (Å²) in [7, 11) is 0. The highest BCUT2D eigenvalue weighted by molar-refractivity contribution is 5.96. The molecule has 4 rings (SSSR count). The van der Waals surface area contributed by atoms with E-state index in [1.807, 2.05) is 19.9 Å². The molecule has 0 bridgehead atoms. The number of carbonyl (C=O) groups excluding carboxylic acids is 2. The molecule has 12 nitrogen and oxygen atoms in total. The van der Waals surface area contributed by atoms with Crippen LogP contribution in [-0.2, 0) is 24.4 Å². The summed E-state index contributed by atoms with van der Waals surface area (Å²) in [6, 6.07) is 15.2. The fourth-order valence-electron chi connectivity index (χ4n) is 4.17. The Morgan fingerprint density at radius 1 is 0.976 bits per heavy atom. The summed E-state index contributed by atoms with van der Waals surface area (Å²) < 4.78 is 1.30. The molecule has 4 aromatic rings. The quantitative estimate of drug-likeness (QED) is 0.0902. The number of nitrogens with zero attached hydrogens (tertiary/aromatic N) is 3. The molecule has 216 valence electrons. The fraction of sp³-hybridized carbons (Fsp3) is 0.200. The molecule has 42 heavy (non-hydrogen) atoms. The minimum atomic E-state index is -0.493. The van der Waals surface area contributed by atoms with Crippen LogP contribution in [-0.4, -0.2) is 38.2 Å². The van der Waals surface area contributed by atoms with Crippen LogP contribution in [0.4, 0.5) is 11.5 Å². The van der Waals surface area contributed by atoms with Crippen LogP contribution in [0.1, 0.15) is 40.9 Å². The van der Waals surface area contributed by atoms with Gasteiger partial charge in [-0.1, -0.05) is 30.3 Å². The van der Waals surface area contributed by atoms with E-state index in [1.165, 1.54) is 16.8 Å². The molecule has 0 aliphatic carbocycles. The third-order valence-electron chi connectivity index (χ3n) is 6.23. The topological polar surface area (TPSA) is 194 Å². The molecule has 0 unspecified atom stereocenters. The Kier molecular flexibility index (Phi) is 9.28. The van der Waals surface area contributed by atoms with Crippen LogP contribution < -0.4 is 33.0 Å². The van der Waals surface area contributed by atoms with Gasteiger partial charge in [0.25, 0.3) is 11.5 Å². The smallest absolute Gasteiger partial charge is 0.294 e. The number of pyridine rings is 1. The number of amides is 2. The summed E-state index contributed by atoms with van der Waals surface area (Å²) in [6.07, 6.45) is 4.79. The van der Waals surface area contributed by atoms with E-state index in [1.54, 1.807) is 54.9 Å². The Labute approximate surface area is 242 Å². The number of benzene rings is 2. The summed E-state index contributed by atoms with van der Waals surface area (Å²) in [4.78, 5) is 47.8. The Hall–Kier alpha value is -5.52. The van der Waals surface area contributed by atoms with Crippen molar-refractivity contribution in [2.75, 3.05) is 11.1 Å². The van der Waals surface area contributed by atoms with Crippen LogP contribution in [0.15, 0.2) is 78.0 Å². The second-order valence-corrected chi connectivity index (χ2v) is 9.96. The van der Waals surface area contributed by atoms with Crippen molar-refractivity contribution in [2.24, 2.45) is 5.73 Å². The second-order valence-electron chi connectivity index (χ2n) is 9.96. The molecule has 0 radical (unpaired) electrons. The zero-order valence-corrected chi connectivity index (χ0v) is 23.3. The lowest BCUT2D eigenvalue weighted by Gasteiger charge is -2.17. The zero-order chi connectivity index (χ0) is 30.2. The van der Waals surface area contributed by atoms with Gasteiger partial charge in [0.2, 0.25) is 5.91 Å². The van der Waals surface area contributed by atoms with Crippen molar-refractivity contribution in [3.63, 3.8) is 0 Å². The molecule has 0 saturated carbocycles. The number of carbonyl (C=O) groups is 2. The van der Waals surface area contributed by atoms with Gasteiger partial charge in [0.15, 0.2) is 5.82 Å². The summed E-state index contributed by atoms with van der Waals surface area (Å²) in [5.41, 5.74) is 14.8. The van der Waals surface area contributed by atoms with Crippen molar-refractivity contribution in [3.05, 3.63) is 106 Å². The van der Waals surface area contributed by atoms with Gasteiger partial charge in [-0.3, -0.25) is 29.3 Å². The first-order valence-electron chi connectivity index (χ1n) is 13.2. The first-order valence-corrected chi connectivity index (χ1v) is 13.2. The van der Waals surface area contributed by atoms with Crippen molar-refractivity contribution in [2.45, 2.75) is 39.5 Å². The number of aromatic nitrogens is 3. The molecule has 0 saturated heterocycles. The second kappa shape index (κ2) is 13.2. The first kappa shape index (κ1) is 29.5. The summed E-state index contributed by atoms with van der Waals surface area (Å²) in [5.74, 6) is -0.716. The predicted octanol–water partition coefficient (Wildman–Crippen LogP) is 2.24. The SMILES string of the molecule is CC(C)Nc1ncc(-c2cc(N)cc(C(=O)NCc3cccnc3)c2)n(CC(=O)NCc2ccc(C(=N)N)cc2)c1=O. The molecule has 0 aliphatic rings. The third kappa shape index (κ3) is 7.56. The van der Waals surface area contributed by atoms with Crippen LogP contribution in [0, 0.1) is 5.41 Å². The van der Waals surface area contributed by atoms with Gasteiger partial charge in [0.1, 0.15) is 12.4 Å². The van der Waals surface area contributed by atoms with E-state index in [2.05, 4.69) is 25.9 Å². The van der Waals surface area contributed by atoms with Crippen LogP contribution in [0.5, 0.6) is 0 Å². The van der Waals surface area contributed by atoms with Gasteiger partial charge in [-0.25, -0.2) is 4.98 Å². The molecule has 0 aliphatic heterocycles. The Bertz CT molecular complexity index is 1650. The maximum Gasteiger partial charge on any atom is 0.294 e. The third-order valence-corrected chi connectivity index (χ3v) is 6.23. The van der Waals surface area contributed by atoms with Gasteiger partial charge in [-0.15, -0.1) is 0 Å². The largest absolute Gasteiger partial charge is 0.399 e. The van der Waals surface area contributed by atoms with Crippen LogP contribution in [0.3, 0.4) is 0 Å². The van der Waals surface area contributed by atoms with Gasteiger partial charge >= 0.3 is 0 Å². The average Bonchev–Trinajstić information content (AvgIpc) is 2.97. The monoisotopic (exact) mass is 567 g/mol. The lowest BCUT2D eigenvalue weighted by Crippen LogP contribution is -2.35. The van der Waals surface area contributed by atoms with E-state index in [4.69, 9.17) is 16.9 Å². The van der Waals surface area contributed by atoms with Crippen LogP contribution >= 0.6 is 0 Å². The molecular formula is C30H33N9O3. The number of hydrogen-bond acceptors (Lipinski definition) is 8. The first-order chi connectivity index (χ1) is 20.1. The Balaban J connectivity index is 1.60. The zero-order valence-electron chi connectivity index (χ0n) is 23.3. The van der Waals surface area contributed by atoms with Crippen molar-refractivity contribution in [3.8, 4) is 11.3 Å². The summed E-state index contributed by atoms with van der Waals surface area (Å²) in [6.45, 7) is 3.93. The number of nitrogen functional groups attached to an aromatic ring is 2. The van der Waals surface area contributed by atoms with E-state index in [-0.39, 0.29) is 48.8 Å². The molecule has 2 heterocycles. The minimum Gasteiger partial charge on any atom is -0.399 e. The number of rotatable bonds is 11. The molecular weight excluding hydrogens is 534 g/mol. The van der Waals surface area contributed by atoms with E-state index >= 15 is 0 Å². The van der Waals surface area contributed by atoms with Gasteiger partial charge < -0.3 is 27.4 Å². The van der Waals surface area contributed by atoms with Crippen molar-refractivity contribution in [1.82, 2.24) is 25.2 Å². The molecule has 0 fully saturated rings. The molecule has 2 amide bonds. The minimum absolute atomic E-state index is 0.0447. The highest BCUT2D eigenvalue weighted by atomic mass is 16.2. The van der Waals surface area contributed by atoms with E-state index in [0.717, 1.165) is 11.1 Å². The van der Waals surface area contributed by atoms with Crippen LogP contribution in [0.2, 0.25) is 0 Å².